The van der Waals surface area contributed by atoms with Gasteiger partial charge in [0, 0.05) is 25.1 Å². The summed E-state index contributed by atoms with van der Waals surface area (Å²) in [6.07, 6.45) is 0.773. The molecule has 0 bridgehead atoms. The Morgan fingerprint density at radius 2 is 1.89 bits per heavy atom. The summed E-state index contributed by atoms with van der Waals surface area (Å²) in [6.45, 7) is 0.762. The Morgan fingerprint density at radius 1 is 1.22 bits per heavy atom. The van der Waals surface area contributed by atoms with Crippen LogP contribution in [0.2, 0.25) is 0 Å². The zero-order valence-corrected chi connectivity index (χ0v) is 9.95. The minimum Gasteiger partial charge on any atom is -0.389 e. The van der Waals surface area contributed by atoms with Crippen molar-refractivity contribution in [3.8, 4) is 0 Å². The van der Waals surface area contributed by atoms with Gasteiger partial charge in [-0.2, -0.15) is 0 Å². The van der Waals surface area contributed by atoms with Crippen LogP contribution < -0.4 is 16.2 Å². The van der Waals surface area contributed by atoms with Gasteiger partial charge in [0.25, 0.3) is 0 Å². The van der Waals surface area contributed by atoms with E-state index < -0.39 is 12.2 Å². The molecular weight excluding hydrogens is 234 g/mol. The van der Waals surface area contributed by atoms with Crippen LogP contribution in [-0.2, 0) is 0 Å². The summed E-state index contributed by atoms with van der Waals surface area (Å²) in [5, 5.41) is 19.1. The maximum absolute atomic E-state index is 9.57. The first kappa shape index (κ1) is 11.6. The fourth-order valence-electron chi connectivity index (χ4n) is 2.17. The van der Waals surface area contributed by atoms with E-state index in [-0.39, 0.29) is 0 Å². The van der Waals surface area contributed by atoms with Crippen molar-refractivity contribution in [1.82, 2.24) is 9.97 Å². The molecule has 1 aromatic rings. The van der Waals surface area contributed by atoms with Crippen LogP contribution in [0.15, 0.2) is 6.07 Å². The minimum atomic E-state index is -0.723. The Kier molecular flexibility index (Phi) is 2.81. The van der Waals surface area contributed by atoms with Crippen LogP contribution in [0.25, 0.3) is 0 Å². The number of aromatic nitrogens is 2. The van der Waals surface area contributed by atoms with Crippen LogP contribution in [0, 0.1) is 0 Å². The van der Waals surface area contributed by atoms with E-state index in [0.717, 1.165) is 18.7 Å². The quantitative estimate of drug-likeness (QED) is 0.410. The normalized spacial score (nSPS) is 27.6. The number of hydrogen-bond donors (Lipinski definition) is 4. The molecule has 1 saturated carbocycles. The van der Waals surface area contributed by atoms with Gasteiger partial charge in [-0.1, -0.05) is 0 Å². The lowest BCUT2D eigenvalue weighted by Gasteiger charge is -2.18. The number of aliphatic hydroxyl groups is 2. The van der Waals surface area contributed by atoms with Gasteiger partial charge in [0.15, 0.2) is 0 Å². The lowest BCUT2D eigenvalue weighted by molar-refractivity contribution is 0.0572. The molecule has 0 aromatic carbocycles. The Labute approximate surface area is 105 Å². The van der Waals surface area contributed by atoms with E-state index in [2.05, 4.69) is 15.4 Å². The molecule has 2 atom stereocenters. The minimum absolute atomic E-state index is 0.381. The molecule has 0 amide bonds. The monoisotopic (exact) mass is 251 g/mol. The predicted molar refractivity (Wildman–Crippen MR) is 66.0 cm³/mol. The molecule has 1 aliphatic carbocycles. The first-order chi connectivity index (χ1) is 8.67. The zero-order valence-electron chi connectivity index (χ0n) is 9.95. The van der Waals surface area contributed by atoms with Crippen molar-refractivity contribution in [2.24, 2.45) is 5.84 Å². The van der Waals surface area contributed by atoms with Crippen molar-refractivity contribution in [2.45, 2.75) is 31.0 Å². The summed E-state index contributed by atoms with van der Waals surface area (Å²) < 4.78 is 0. The third-order valence-corrected chi connectivity index (χ3v) is 3.40. The van der Waals surface area contributed by atoms with Gasteiger partial charge in [-0.15, -0.1) is 0 Å². The predicted octanol–water partition coefficient (Wildman–Crippen LogP) is -0.819. The van der Waals surface area contributed by atoms with Crippen molar-refractivity contribution in [3.05, 3.63) is 11.9 Å². The van der Waals surface area contributed by atoms with E-state index in [1.807, 2.05) is 4.90 Å². The van der Waals surface area contributed by atoms with E-state index in [0.29, 0.717) is 30.6 Å². The molecule has 5 N–H and O–H groups in total. The molecule has 1 aliphatic heterocycles. The molecular formula is C11H17N5O2. The molecule has 98 valence electrons. The van der Waals surface area contributed by atoms with Crippen LogP contribution >= 0.6 is 0 Å². The third kappa shape index (κ3) is 2.12. The van der Waals surface area contributed by atoms with Crippen molar-refractivity contribution in [3.63, 3.8) is 0 Å². The SMILES string of the molecule is NNc1cc(N2CC(O)C(O)C2)nc(C2CC2)n1. The fraction of sp³-hybridized carbons (Fsp3) is 0.636. The largest absolute Gasteiger partial charge is 0.389 e. The number of hydrogen-bond acceptors (Lipinski definition) is 7. The van der Waals surface area contributed by atoms with Gasteiger partial charge in [0.2, 0.25) is 0 Å². The van der Waals surface area contributed by atoms with Crippen molar-refractivity contribution >= 4 is 11.6 Å². The third-order valence-electron chi connectivity index (χ3n) is 3.40. The number of nitrogens with zero attached hydrogens (tertiary/aromatic N) is 3. The summed E-state index contributed by atoms with van der Waals surface area (Å²) in [5.74, 6) is 7.89. The van der Waals surface area contributed by atoms with Gasteiger partial charge in [-0.05, 0) is 12.8 Å². The first-order valence-corrected chi connectivity index (χ1v) is 6.14. The van der Waals surface area contributed by atoms with Crippen LogP contribution in [-0.4, -0.2) is 45.5 Å². The highest BCUT2D eigenvalue weighted by Gasteiger charge is 2.32. The summed E-state index contributed by atoms with van der Waals surface area (Å²) in [4.78, 5) is 10.7. The Bertz CT molecular complexity index is 441. The number of β-amino-alcohol motifs (C(OH)–C–C–N with tert-alkyl or cyclic N) is 2. The number of rotatable bonds is 3. The summed E-state index contributed by atoms with van der Waals surface area (Å²) in [7, 11) is 0. The van der Waals surface area contributed by atoms with Gasteiger partial charge in [-0.3, -0.25) is 0 Å². The standard InChI is InChI=1S/C11H17N5O2/c12-15-9-3-10(14-11(13-9)6-1-2-6)16-4-7(17)8(18)5-16/h3,6-8,17-18H,1-2,4-5,12H2,(H,13,14,15). The lowest BCUT2D eigenvalue weighted by Crippen LogP contribution is -2.23. The second-order valence-corrected chi connectivity index (χ2v) is 4.93. The Balaban J connectivity index is 1.88. The first-order valence-electron chi connectivity index (χ1n) is 6.14. The molecule has 0 radical (unpaired) electrons. The van der Waals surface area contributed by atoms with Gasteiger partial charge in [0.1, 0.15) is 17.5 Å². The molecule has 1 aromatic heterocycles. The highest BCUT2D eigenvalue weighted by Crippen LogP contribution is 2.39. The second kappa shape index (κ2) is 4.34. The molecule has 18 heavy (non-hydrogen) atoms. The van der Waals surface area contributed by atoms with Gasteiger partial charge in [0.05, 0.1) is 12.2 Å². The van der Waals surface area contributed by atoms with Crippen LogP contribution in [0.4, 0.5) is 11.6 Å². The van der Waals surface area contributed by atoms with E-state index in [1.165, 1.54) is 0 Å². The molecule has 3 rings (SSSR count). The smallest absolute Gasteiger partial charge is 0.145 e. The number of hydrazine groups is 1. The number of nitrogen functional groups attached to an aromatic ring is 1. The van der Waals surface area contributed by atoms with Crippen LogP contribution in [0.5, 0.6) is 0 Å². The van der Waals surface area contributed by atoms with Gasteiger partial charge >= 0.3 is 0 Å². The van der Waals surface area contributed by atoms with Gasteiger partial charge in [-0.25, -0.2) is 15.8 Å². The summed E-state index contributed by atoms with van der Waals surface area (Å²) >= 11 is 0. The fourth-order valence-corrected chi connectivity index (χ4v) is 2.17. The average molecular weight is 251 g/mol. The van der Waals surface area contributed by atoms with Crippen LogP contribution in [0.1, 0.15) is 24.6 Å². The second-order valence-electron chi connectivity index (χ2n) is 4.93. The molecule has 2 unspecified atom stereocenters. The molecule has 1 saturated heterocycles. The topological polar surface area (TPSA) is 108 Å². The molecule has 7 nitrogen and oxygen atoms in total. The van der Waals surface area contributed by atoms with E-state index in [4.69, 9.17) is 5.84 Å². The van der Waals surface area contributed by atoms with Crippen molar-refractivity contribution in [1.29, 1.82) is 0 Å². The lowest BCUT2D eigenvalue weighted by atomic mass is 10.3. The van der Waals surface area contributed by atoms with E-state index in [1.54, 1.807) is 6.07 Å². The highest BCUT2D eigenvalue weighted by molar-refractivity contribution is 5.50. The molecule has 0 spiro atoms. The highest BCUT2D eigenvalue weighted by atomic mass is 16.3. The van der Waals surface area contributed by atoms with E-state index >= 15 is 0 Å². The number of anilines is 2. The van der Waals surface area contributed by atoms with Crippen molar-refractivity contribution in [2.75, 3.05) is 23.4 Å². The molecule has 2 aliphatic rings. The molecule has 2 fully saturated rings. The molecule has 2 heterocycles. The zero-order chi connectivity index (χ0) is 12.7. The average Bonchev–Trinajstić information content (AvgIpc) is 3.16. The maximum atomic E-state index is 9.57. The maximum Gasteiger partial charge on any atom is 0.145 e. The number of aliphatic hydroxyl groups excluding tert-OH is 2. The Hall–Kier alpha value is -1.44. The summed E-state index contributed by atoms with van der Waals surface area (Å²) in [5.41, 5.74) is 2.53. The number of nitrogens with one attached hydrogen (secondary N) is 1. The van der Waals surface area contributed by atoms with Crippen LogP contribution in [0.3, 0.4) is 0 Å². The van der Waals surface area contributed by atoms with Crippen molar-refractivity contribution < 1.29 is 10.2 Å². The Morgan fingerprint density at radius 3 is 2.44 bits per heavy atom. The molecule has 7 heteroatoms. The van der Waals surface area contributed by atoms with E-state index in [9.17, 15) is 10.2 Å². The van der Waals surface area contributed by atoms with Gasteiger partial charge < -0.3 is 20.5 Å². The number of nitrogens with two attached hydrogens (primary N) is 1. The summed E-state index contributed by atoms with van der Waals surface area (Å²) in [6, 6.07) is 1.73.